The number of imidazole rings is 1. The number of carbonyl (C=O) groups is 1. The van der Waals surface area contributed by atoms with Gasteiger partial charge < -0.3 is 25.7 Å². The van der Waals surface area contributed by atoms with Gasteiger partial charge in [-0.1, -0.05) is 40.9 Å². The Kier molecular flexibility index (Phi) is 11.6. The van der Waals surface area contributed by atoms with Gasteiger partial charge in [0, 0.05) is 48.4 Å². The number of hydrogen-bond acceptors (Lipinski definition) is 5. The summed E-state index contributed by atoms with van der Waals surface area (Å²) in [5.74, 6) is -0.893. The maximum absolute atomic E-state index is 13.6. The molecule has 254 valence electrons. The van der Waals surface area contributed by atoms with Crippen molar-refractivity contribution in [3.05, 3.63) is 85.9 Å². The highest BCUT2D eigenvalue weighted by Crippen LogP contribution is 2.32. The van der Waals surface area contributed by atoms with Crippen LogP contribution in [0.25, 0.3) is 11.0 Å². The molecule has 4 aromatic rings. The number of carbonyl (C=O) groups excluding carboxylic acids is 1. The van der Waals surface area contributed by atoms with Crippen molar-refractivity contribution in [2.24, 2.45) is 12.8 Å². The smallest absolute Gasteiger partial charge is 0.407 e. The second-order valence-corrected chi connectivity index (χ2v) is 12.3. The van der Waals surface area contributed by atoms with Gasteiger partial charge >= 0.3 is 6.18 Å². The molecule has 0 fully saturated rings. The van der Waals surface area contributed by atoms with E-state index in [9.17, 15) is 31.1 Å². The Hall–Kier alpha value is -3.23. The molecule has 47 heavy (non-hydrogen) atoms. The molecular formula is C31H30Cl3F6N5O2. The number of rotatable bonds is 13. The molecule has 1 heterocycles. The van der Waals surface area contributed by atoms with Crippen LogP contribution in [0.4, 0.5) is 32.0 Å². The zero-order valence-electron chi connectivity index (χ0n) is 25.1. The first-order valence-corrected chi connectivity index (χ1v) is 15.3. The molecule has 0 aliphatic carbocycles. The molecule has 0 radical (unpaired) electrons. The fraction of sp³-hybridized carbons (Fsp3) is 0.355. The molecule has 7 nitrogen and oxygen atoms in total. The number of hydrogen-bond donors (Lipinski definition) is 3. The zero-order valence-corrected chi connectivity index (χ0v) is 27.3. The first-order chi connectivity index (χ1) is 22.0. The van der Waals surface area contributed by atoms with Crippen LogP contribution < -0.4 is 21.1 Å². The summed E-state index contributed by atoms with van der Waals surface area (Å²) in [6.07, 6.45) is -6.05. The first-order valence-electron chi connectivity index (χ1n) is 14.2. The molecule has 3 aromatic carbocycles. The van der Waals surface area contributed by atoms with Crippen LogP contribution in [-0.2, 0) is 26.4 Å². The van der Waals surface area contributed by atoms with Crippen molar-refractivity contribution in [2.45, 2.75) is 50.9 Å². The lowest BCUT2D eigenvalue weighted by Gasteiger charge is -2.28. The Morgan fingerprint density at radius 1 is 1.06 bits per heavy atom. The van der Waals surface area contributed by atoms with Crippen molar-refractivity contribution in [2.75, 3.05) is 18.5 Å². The number of benzene rings is 3. The quantitative estimate of drug-likeness (QED) is 0.121. The number of aryl methyl sites for hydroxylation is 2. The fourth-order valence-electron chi connectivity index (χ4n) is 4.71. The van der Waals surface area contributed by atoms with Gasteiger partial charge in [-0.05, 0) is 61.2 Å². The first kappa shape index (κ1) is 36.6. The van der Waals surface area contributed by atoms with Crippen molar-refractivity contribution in [1.82, 2.24) is 14.9 Å². The van der Waals surface area contributed by atoms with Crippen molar-refractivity contribution in [1.29, 1.82) is 0 Å². The number of anilines is 1. The third kappa shape index (κ3) is 8.82. The lowest BCUT2D eigenvalue weighted by molar-refractivity contribution is -0.179. The Morgan fingerprint density at radius 2 is 1.79 bits per heavy atom. The highest BCUT2D eigenvalue weighted by atomic mass is 35.5. The van der Waals surface area contributed by atoms with Crippen molar-refractivity contribution >= 4 is 57.4 Å². The van der Waals surface area contributed by atoms with E-state index in [1.54, 1.807) is 23.7 Å². The summed E-state index contributed by atoms with van der Waals surface area (Å²) in [4.78, 5) is 17.8. The molecule has 0 bridgehead atoms. The maximum Gasteiger partial charge on any atom is 0.407 e. The summed E-state index contributed by atoms with van der Waals surface area (Å²) in [7, 11) is 1.72. The molecule has 0 saturated carbocycles. The Bertz CT molecular complexity index is 1760. The van der Waals surface area contributed by atoms with E-state index in [1.807, 2.05) is 0 Å². The predicted molar refractivity (Wildman–Crippen MR) is 170 cm³/mol. The third-order valence-electron chi connectivity index (χ3n) is 7.41. The lowest BCUT2D eigenvalue weighted by Crippen LogP contribution is -2.57. The van der Waals surface area contributed by atoms with Crippen LogP contribution in [0.15, 0.2) is 42.5 Å². The molecule has 0 saturated heterocycles. The minimum atomic E-state index is -4.59. The summed E-state index contributed by atoms with van der Waals surface area (Å²) >= 11 is 18.8. The second-order valence-electron chi connectivity index (χ2n) is 11.1. The molecule has 4 rings (SSSR count). The van der Waals surface area contributed by atoms with Gasteiger partial charge in [0.2, 0.25) is 0 Å². The predicted octanol–water partition coefficient (Wildman–Crippen LogP) is 8.11. The van der Waals surface area contributed by atoms with Gasteiger partial charge in [0.15, 0.2) is 0 Å². The third-order valence-corrected chi connectivity index (χ3v) is 8.52. The maximum atomic E-state index is 13.6. The van der Waals surface area contributed by atoms with Crippen molar-refractivity contribution < 1.29 is 35.9 Å². The van der Waals surface area contributed by atoms with Gasteiger partial charge in [0.1, 0.15) is 29.5 Å². The van der Waals surface area contributed by atoms with Crippen LogP contribution in [0.2, 0.25) is 15.1 Å². The summed E-state index contributed by atoms with van der Waals surface area (Å²) in [6, 6.07) is 9.67. The number of ether oxygens (including phenoxy) is 1. The lowest BCUT2D eigenvalue weighted by atomic mass is 10.0. The van der Waals surface area contributed by atoms with Crippen LogP contribution in [0, 0.1) is 5.82 Å². The number of nitrogens with two attached hydrogens (primary N) is 1. The van der Waals surface area contributed by atoms with E-state index in [2.05, 4.69) is 15.6 Å². The normalized spacial score (nSPS) is 13.3. The number of fused-ring (bicyclic) bond motifs is 1. The van der Waals surface area contributed by atoms with Gasteiger partial charge in [-0.3, -0.25) is 4.79 Å². The SMILES string of the molecule is Cn1c(CCCc2c(Cl)ccc(CNCC(C)(N)C(F)(F)F)c2Cl)nc2cc(C(=O)Nc3ccc(F)c(Cl)c3)c(OCC(F)F)cc21. The largest absolute Gasteiger partial charge is 0.487 e. The van der Waals surface area contributed by atoms with E-state index in [0.29, 0.717) is 57.3 Å². The Balaban J connectivity index is 1.51. The van der Waals surface area contributed by atoms with E-state index >= 15 is 0 Å². The highest BCUT2D eigenvalue weighted by Gasteiger charge is 2.47. The molecule has 4 N–H and O–H groups in total. The van der Waals surface area contributed by atoms with E-state index in [4.69, 9.17) is 45.3 Å². The monoisotopic (exact) mass is 723 g/mol. The van der Waals surface area contributed by atoms with Gasteiger partial charge in [-0.15, -0.1) is 0 Å². The molecule has 1 aromatic heterocycles. The summed E-state index contributed by atoms with van der Waals surface area (Å²) in [5, 5.41) is 5.75. The van der Waals surface area contributed by atoms with Crippen LogP contribution in [0.3, 0.4) is 0 Å². The van der Waals surface area contributed by atoms with Crippen molar-refractivity contribution in [3.63, 3.8) is 0 Å². The number of halogens is 9. The zero-order chi connectivity index (χ0) is 34.7. The topological polar surface area (TPSA) is 94.2 Å². The van der Waals surface area contributed by atoms with E-state index < -0.39 is 43.0 Å². The summed E-state index contributed by atoms with van der Waals surface area (Å²) < 4.78 is 85.9. The summed E-state index contributed by atoms with van der Waals surface area (Å²) in [6.45, 7) is -0.539. The average Bonchev–Trinajstić information content (AvgIpc) is 3.29. The molecule has 1 atom stereocenters. The number of alkyl halides is 5. The minimum absolute atomic E-state index is 0.0384. The van der Waals surface area contributed by atoms with Crippen LogP contribution in [0.5, 0.6) is 5.75 Å². The molecule has 0 aliphatic rings. The molecular weight excluding hydrogens is 695 g/mol. The van der Waals surface area contributed by atoms with Gasteiger partial charge in [-0.2, -0.15) is 13.2 Å². The van der Waals surface area contributed by atoms with Gasteiger partial charge in [-0.25, -0.2) is 18.2 Å². The molecule has 0 aliphatic heterocycles. The van der Waals surface area contributed by atoms with Gasteiger partial charge in [0.05, 0.1) is 21.6 Å². The van der Waals surface area contributed by atoms with E-state index in [-0.39, 0.29) is 28.6 Å². The number of aromatic nitrogens is 2. The van der Waals surface area contributed by atoms with E-state index in [0.717, 1.165) is 13.0 Å². The van der Waals surface area contributed by atoms with Gasteiger partial charge in [0.25, 0.3) is 12.3 Å². The van der Waals surface area contributed by atoms with Crippen LogP contribution in [-0.4, -0.2) is 46.8 Å². The molecule has 16 heteroatoms. The minimum Gasteiger partial charge on any atom is -0.487 e. The number of nitrogens with one attached hydrogen (secondary N) is 2. The highest BCUT2D eigenvalue weighted by molar-refractivity contribution is 6.36. The average molecular weight is 725 g/mol. The summed E-state index contributed by atoms with van der Waals surface area (Å²) in [5.41, 5.74) is 5.15. The number of amides is 1. The standard InChI is InChI=1S/C31H30Cl3F6N5O2/c1-30(41,31(38,39)40)15-42-13-16-6-8-20(32)18(28(16)34)4-3-5-27-44-23-11-19(25(47-14-26(36)37)12-24(23)45(27)2)29(46)43-17-7-9-22(35)21(33)10-17/h6-12,26,42H,3-5,13-15,41H2,1-2H3,(H,43,46). The van der Waals surface area contributed by atoms with Crippen LogP contribution >= 0.6 is 34.8 Å². The van der Waals surface area contributed by atoms with Crippen LogP contribution in [0.1, 0.15) is 40.7 Å². The molecule has 1 amide bonds. The second kappa shape index (κ2) is 14.9. The fourth-order valence-corrected chi connectivity index (χ4v) is 5.51. The number of nitrogens with zero attached hydrogens (tertiary/aromatic N) is 2. The Labute approximate surface area is 281 Å². The molecule has 0 spiro atoms. The molecule has 1 unspecified atom stereocenters. The van der Waals surface area contributed by atoms with Crippen molar-refractivity contribution in [3.8, 4) is 5.75 Å². The van der Waals surface area contributed by atoms with E-state index in [1.165, 1.54) is 24.3 Å². The Morgan fingerprint density at radius 3 is 2.45 bits per heavy atom.